The monoisotopic (exact) mass is 476 g/mol. The van der Waals surface area contributed by atoms with Crippen molar-refractivity contribution in [3.05, 3.63) is 53.9 Å². The van der Waals surface area contributed by atoms with Gasteiger partial charge in [0, 0.05) is 67.9 Å². The lowest BCUT2D eigenvalue weighted by Crippen LogP contribution is -2.34. The van der Waals surface area contributed by atoms with Gasteiger partial charge in [-0.25, -0.2) is 4.99 Å². The number of nitrogens with zero attached hydrogens (tertiary/aromatic N) is 6. The molecule has 0 spiro atoms. The number of anilines is 3. The van der Waals surface area contributed by atoms with Crippen LogP contribution in [0.2, 0.25) is 0 Å². The van der Waals surface area contributed by atoms with Crippen LogP contribution in [0.1, 0.15) is 31.2 Å². The highest BCUT2D eigenvalue weighted by Gasteiger charge is 2.29. The van der Waals surface area contributed by atoms with E-state index in [4.69, 9.17) is 9.47 Å². The molecule has 0 saturated heterocycles. The highest BCUT2D eigenvalue weighted by molar-refractivity contribution is 5.86. The van der Waals surface area contributed by atoms with E-state index < -0.39 is 6.23 Å². The summed E-state index contributed by atoms with van der Waals surface area (Å²) in [5.74, 6) is 1.55. The first-order valence-electron chi connectivity index (χ1n) is 11.8. The average Bonchev–Trinajstić information content (AvgIpc) is 3.19. The Kier molecular flexibility index (Phi) is 6.12. The number of aliphatic hydroxyl groups excluding tert-OH is 1. The fourth-order valence-corrected chi connectivity index (χ4v) is 4.77. The molecule has 2 aliphatic heterocycles. The van der Waals surface area contributed by atoms with Gasteiger partial charge in [0.05, 0.1) is 43.8 Å². The lowest BCUT2D eigenvalue weighted by Gasteiger charge is -2.31. The fourth-order valence-electron chi connectivity index (χ4n) is 4.77. The number of methoxy groups -OCH3 is 2. The smallest absolute Gasteiger partial charge is 0.160 e. The second-order valence-electron chi connectivity index (χ2n) is 9.18. The number of ether oxygens (including phenoxy) is 2. The molecule has 1 unspecified atom stereocenters. The average molecular weight is 477 g/mol. The standard InChI is InChI=1S/C26H32N6O3/c1-17(2)30-8-9-31(24-11-20(34-4)12-25(35-5)22(24)15-30)18-6-7-23-21(10-18)26(33)32(16-27-23)19-13-28-29(3)14-19/h6-7,10-14,16-17,26,33H,8-9,15H2,1-5H3. The SMILES string of the molecule is COc1cc(OC)c2c(c1)N(c1ccc3c(c1)C(O)N(c1cnn(C)c1)C=N3)CCN(C(C)C)C2. The van der Waals surface area contributed by atoms with E-state index in [1.165, 1.54) is 0 Å². The van der Waals surface area contributed by atoms with Crippen molar-refractivity contribution in [2.24, 2.45) is 12.0 Å². The van der Waals surface area contributed by atoms with Gasteiger partial charge < -0.3 is 19.5 Å². The molecule has 9 heteroatoms. The quantitative estimate of drug-likeness (QED) is 0.597. The number of aliphatic hydroxyl groups is 1. The summed E-state index contributed by atoms with van der Waals surface area (Å²) in [5, 5.41) is 15.5. The van der Waals surface area contributed by atoms with Crippen LogP contribution in [0.25, 0.3) is 0 Å². The lowest BCUT2D eigenvalue weighted by atomic mass is 10.1. The van der Waals surface area contributed by atoms with E-state index in [2.05, 4.69) is 45.9 Å². The molecule has 1 atom stereocenters. The van der Waals surface area contributed by atoms with E-state index in [0.29, 0.717) is 6.04 Å². The third-order valence-electron chi connectivity index (χ3n) is 6.78. The van der Waals surface area contributed by atoms with Gasteiger partial charge in [-0.15, -0.1) is 0 Å². The van der Waals surface area contributed by atoms with Gasteiger partial charge in [0.1, 0.15) is 11.5 Å². The molecule has 2 aliphatic rings. The highest BCUT2D eigenvalue weighted by atomic mass is 16.5. The summed E-state index contributed by atoms with van der Waals surface area (Å²) in [6, 6.07) is 10.5. The van der Waals surface area contributed by atoms with Gasteiger partial charge in [0.15, 0.2) is 6.23 Å². The highest BCUT2D eigenvalue weighted by Crippen LogP contribution is 2.43. The van der Waals surface area contributed by atoms with Crippen LogP contribution in [0.15, 0.2) is 47.7 Å². The van der Waals surface area contributed by atoms with Crippen molar-refractivity contribution in [3.63, 3.8) is 0 Å². The second-order valence-corrected chi connectivity index (χ2v) is 9.18. The maximum Gasteiger partial charge on any atom is 0.160 e. The Morgan fingerprint density at radius 3 is 2.57 bits per heavy atom. The number of hydrogen-bond donors (Lipinski definition) is 1. The molecule has 1 N–H and O–H groups in total. The van der Waals surface area contributed by atoms with Crippen LogP contribution in [0.3, 0.4) is 0 Å². The van der Waals surface area contributed by atoms with Crippen LogP contribution >= 0.6 is 0 Å². The van der Waals surface area contributed by atoms with Crippen molar-refractivity contribution in [2.75, 3.05) is 37.1 Å². The minimum atomic E-state index is -0.870. The second kappa shape index (κ2) is 9.24. The first-order valence-corrected chi connectivity index (χ1v) is 11.8. The van der Waals surface area contributed by atoms with Crippen LogP contribution in [0.5, 0.6) is 11.5 Å². The van der Waals surface area contributed by atoms with Gasteiger partial charge in [-0.05, 0) is 32.0 Å². The van der Waals surface area contributed by atoms with Crippen LogP contribution in [0.4, 0.5) is 22.7 Å². The zero-order chi connectivity index (χ0) is 24.7. The number of hydrogen-bond acceptors (Lipinski definition) is 8. The maximum absolute atomic E-state index is 11.3. The van der Waals surface area contributed by atoms with Gasteiger partial charge in [-0.1, -0.05) is 0 Å². The first kappa shape index (κ1) is 23.2. The summed E-state index contributed by atoms with van der Waals surface area (Å²) < 4.78 is 13.1. The zero-order valence-corrected chi connectivity index (χ0v) is 20.8. The maximum atomic E-state index is 11.3. The molecule has 1 aromatic heterocycles. The molecule has 0 saturated carbocycles. The van der Waals surface area contributed by atoms with Gasteiger partial charge in [-0.2, -0.15) is 5.10 Å². The molecule has 2 aromatic carbocycles. The largest absolute Gasteiger partial charge is 0.497 e. The number of aliphatic imine (C=N–C) groups is 1. The Labute approximate surface area is 205 Å². The Hall–Kier alpha value is -3.56. The van der Waals surface area contributed by atoms with Crippen molar-refractivity contribution >= 4 is 29.1 Å². The molecule has 0 aliphatic carbocycles. The number of benzene rings is 2. The summed E-state index contributed by atoms with van der Waals surface area (Å²) in [6.07, 6.45) is 4.36. The van der Waals surface area contributed by atoms with Crippen LogP contribution in [-0.4, -0.2) is 59.5 Å². The lowest BCUT2D eigenvalue weighted by molar-refractivity contribution is 0.188. The van der Waals surface area contributed by atoms with Gasteiger partial charge in [-0.3, -0.25) is 14.5 Å². The molecule has 5 rings (SSSR count). The zero-order valence-electron chi connectivity index (χ0n) is 20.8. The molecule has 35 heavy (non-hydrogen) atoms. The third kappa shape index (κ3) is 4.21. The molecule has 3 heterocycles. The van der Waals surface area contributed by atoms with Gasteiger partial charge in [0.2, 0.25) is 0 Å². The van der Waals surface area contributed by atoms with E-state index in [1.807, 2.05) is 31.4 Å². The third-order valence-corrected chi connectivity index (χ3v) is 6.78. The number of aryl methyl sites for hydroxylation is 1. The predicted octanol–water partition coefficient (Wildman–Crippen LogP) is 3.97. The van der Waals surface area contributed by atoms with E-state index in [1.54, 1.807) is 36.3 Å². The van der Waals surface area contributed by atoms with E-state index >= 15 is 0 Å². The van der Waals surface area contributed by atoms with Crippen molar-refractivity contribution in [3.8, 4) is 11.5 Å². The molecule has 0 bridgehead atoms. The fraction of sp³-hybridized carbons (Fsp3) is 0.385. The van der Waals surface area contributed by atoms with Crippen LogP contribution in [0, 0.1) is 0 Å². The van der Waals surface area contributed by atoms with Crippen molar-refractivity contribution in [1.29, 1.82) is 0 Å². The number of rotatable bonds is 5. The summed E-state index contributed by atoms with van der Waals surface area (Å²) in [6.45, 7) is 6.88. The molecular formula is C26H32N6O3. The number of fused-ring (bicyclic) bond motifs is 2. The molecule has 9 nitrogen and oxygen atoms in total. The van der Waals surface area contributed by atoms with Crippen molar-refractivity contribution < 1.29 is 14.6 Å². The van der Waals surface area contributed by atoms with E-state index in [-0.39, 0.29) is 0 Å². The summed E-state index contributed by atoms with van der Waals surface area (Å²) in [7, 11) is 5.22. The Morgan fingerprint density at radius 1 is 1.06 bits per heavy atom. The van der Waals surface area contributed by atoms with E-state index in [9.17, 15) is 5.11 Å². The van der Waals surface area contributed by atoms with Gasteiger partial charge >= 0.3 is 0 Å². The summed E-state index contributed by atoms with van der Waals surface area (Å²) >= 11 is 0. The van der Waals surface area contributed by atoms with E-state index in [0.717, 1.165) is 65.0 Å². The molecule has 0 amide bonds. The molecular weight excluding hydrogens is 444 g/mol. The minimum absolute atomic E-state index is 0.391. The summed E-state index contributed by atoms with van der Waals surface area (Å²) in [4.78, 5) is 11.0. The van der Waals surface area contributed by atoms with Crippen molar-refractivity contribution in [2.45, 2.75) is 32.7 Å². The molecule has 0 fully saturated rings. The molecule has 184 valence electrons. The Bertz CT molecular complexity index is 1250. The Morgan fingerprint density at radius 2 is 1.89 bits per heavy atom. The summed E-state index contributed by atoms with van der Waals surface area (Å²) in [5.41, 5.74) is 5.42. The minimum Gasteiger partial charge on any atom is -0.497 e. The van der Waals surface area contributed by atoms with Crippen LogP contribution < -0.4 is 19.3 Å². The Balaban J connectivity index is 1.58. The first-order chi connectivity index (χ1) is 16.9. The predicted molar refractivity (Wildman–Crippen MR) is 137 cm³/mol. The normalized spacial score (nSPS) is 17.9. The molecule has 3 aromatic rings. The molecule has 0 radical (unpaired) electrons. The van der Waals surface area contributed by atoms with Gasteiger partial charge in [0.25, 0.3) is 0 Å². The van der Waals surface area contributed by atoms with Crippen molar-refractivity contribution in [1.82, 2.24) is 14.7 Å². The topological polar surface area (TPSA) is 78.6 Å². The van der Waals surface area contributed by atoms with Crippen LogP contribution in [-0.2, 0) is 13.6 Å². The number of aromatic nitrogens is 2.